The molecule has 0 aromatic carbocycles. The van der Waals surface area contributed by atoms with Gasteiger partial charge in [-0.15, -0.1) is 0 Å². The van der Waals surface area contributed by atoms with Crippen LogP contribution in [0.15, 0.2) is 0 Å². The van der Waals surface area contributed by atoms with Crippen LogP contribution in [0.3, 0.4) is 0 Å². The zero-order chi connectivity index (χ0) is 7.11. The van der Waals surface area contributed by atoms with Gasteiger partial charge in [-0.25, -0.2) is 0 Å². The molecule has 1 nitrogen and oxygen atoms in total. The Hall–Kier alpha value is -0.110. The van der Waals surface area contributed by atoms with E-state index in [0.29, 0.717) is 12.3 Å². The van der Waals surface area contributed by atoms with Gasteiger partial charge in [-0.3, -0.25) is 4.39 Å². The summed E-state index contributed by atoms with van der Waals surface area (Å²) >= 11 is 0. The SMILES string of the molecule is C[C@@H](CO)CCCCF. The molecule has 0 rings (SSSR count). The predicted molar refractivity (Wildman–Crippen MR) is 36.1 cm³/mol. The Bertz CT molecular complexity index is 56.9. The second-order valence-corrected chi connectivity index (χ2v) is 2.47. The molecule has 0 aliphatic carbocycles. The van der Waals surface area contributed by atoms with Gasteiger partial charge in [0.2, 0.25) is 0 Å². The van der Waals surface area contributed by atoms with Gasteiger partial charge in [0.15, 0.2) is 0 Å². The highest BCUT2D eigenvalue weighted by Gasteiger charge is 1.97. The van der Waals surface area contributed by atoms with E-state index in [1.807, 2.05) is 6.92 Å². The maximum absolute atomic E-state index is 11.5. The molecule has 0 unspecified atom stereocenters. The van der Waals surface area contributed by atoms with E-state index in [9.17, 15) is 4.39 Å². The number of unbranched alkanes of at least 4 members (excludes halogenated alkanes) is 1. The van der Waals surface area contributed by atoms with Gasteiger partial charge in [-0.1, -0.05) is 13.3 Å². The van der Waals surface area contributed by atoms with Crippen LogP contribution in [0.2, 0.25) is 0 Å². The van der Waals surface area contributed by atoms with Crippen LogP contribution in [0.1, 0.15) is 26.2 Å². The second-order valence-electron chi connectivity index (χ2n) is 2.47. The topological polar surface area (TPSA) is 20.2 Å². The van der Waals surface area contributed by atoms with Crippen molar-refractivity contribution >= 4 is 0 Å². The molecule has 0 saturated heterocycles. The van der Waals surface area contributed by atoms with Crippen LogP contribution in [0.4, 0.5) is 4.39 Å². The van der Waals surface area contributed by atoms with Crippen molar-refractivity contribution in [2.75, 3.05) is 13.3 Å². The molecule has 0 aliphatic rings. The molecule has 9 heavy (non-hydrogen) atoms. The van der Waals surface area contributed by atoms with Gasteiger partial charge in [-0.2, -0.15) is 0 Å². The van der Waals surface area contributed by atoms with Crippen LogP contribution in [0, 0.1) is 5.92 Å². The fourth-order valence-electron chi connectivity index (χ4n) is 0.679. The van der Waals surface area contributed by atoms with Gasteiger partial charge < -0.3 is 5.11 Å². The lowest BCUT2D eigenvalue weighted by Gasteiger charge is -2.04. The highest BCUT2D eigenvalue weighted by Crippen LogP contribution is 2.05. The molecule has 0 amide bonds. The standard InChI is InChI=1S/C7H15FO/c1-7(6-9)4-2-3-5-8/h7,9H,2-6H2,1H3/t7-/m1/s1. The number of halogens is 1. The van der Waals surface area contributed by atoms with Gasteiger partial charge in [0.25, 0.3) is 0 Å². The van der Waals surface area contributed by atoms with E-state index in [-0.39, 0.29) is 13.3 Å². The summed E-state index contributed by atoms with van der Waals surface area (Å²) in [6.07, 6.45) is 2.49. The molecule has 0 bridgehead atoms. The number of hydrogen-bond acceptors (Lipinski definition) is 1. The largest absolute Gasteiger partial charge is 0.396 e. The summed E-state index contributed by atoms with van der Waals surface area (Å²) in [5, 5.41) is 8.54. The predicted octanol–water partition coefficient (Wildman–Crippen LogP) is 1.75. The Kier molecular flexibility index (Phi) is 5.94. The van der Waals surface area contributed by atoms with Crippen molar-refractivity contribution in [1.82, 2.24) is 0 Å². The number of alkyl halides is 1. The first-order valence-electron chi connectivity index (χ1n) is 3.48. The fraction of sp³-hybridized carbons (Fsp3) is 1.00. The average Bonchev–Trinajstić information content (AvgIpc) is 1.89. The van der Waals surface area contributed by atoms with Crippen molar-refractivity contribution < 1.29 is 9.50 Å². The number of aliphatic hydroxyl groups excluding tert-OH is 1. The third-order valence-corrected chi connectivity index (χ3v) is 1.39. The Morgan fingerprint density at radius 2 is 2.11 bits per heavy atom. The molecule has 0 aromatic heterocycles. The lowest BCUT2D eigenvalue weighted by atomic mass is 10.1. The van der Waals surface area contributed by atoms with E-state index < -0.39 is 0 Å². The molecule has 0 aromatic rings. The first kappa shape index (κ1) is 8.89. The highest BCUT2D eigenvalue weighted by atomic mass is 19.1. The summed E-state index contributed by atoms with van der Waals surface area (Å²) in [6, 6.07) is 0. The summed E-state index contributed by atoms with van der Waals surface area (Å²) < 4.78 is 11.5. The molecule has 56 valence electrons. The Balaban J connectivity index is 2.88. The van der Waals surface area contributed by atoms with Crippen molar-refractivity contribution in [2.24, 2.45) is 5.92 Å². The zero-order valence-electron chi connectivity index (χ0n) is 5.94. The molecule has 0 saturated carbocycles. The number of hydrogen-bond donors (Lipinski definition) is 1. The molecule has 0 aliphatic heterocycles. The molecule has 0 fully saturated rings. The average molecular weight is 134 g/mol. The minimum atomic E-state index is -0.224. The maximum atomic E-state index is 11.5. The molecule has 0 radical (unpaired) electrons. The number of aliphatic hydroxyl groups is 1. The smallest absolute Gasteiger partial charge is 0.0894 e. The molecule has 1 atom stereocenters. The summed E-state index contributed by atoms with van der Waals surface area (Å²) in [5.74, 6) is 0.344. The van der Waals surface area contributed by atoms with Crippen LogP contribution in [0.25, 0.3) is 0 Å². The van der Waals surface area contributed by atoms with Gasteiger partial charge in [0.05, 0.1) is 6.67 Å². The maximum Gasteiger partial charge on any atom is 0.0894 e. The Labute approximate surface area is 55.9 Å². The fourth-order valence-corrected chi connectivity index (χ4v) is 0.679. The van der Waals surface area contributed by atoms with Crippen molar-refractivity contribution in [3.8, 4) is 0 Å². The molecule has 0 spiro atoms. The lowest BCUT2D eigenvalue weighted by Crippen LogP contribution is -1.99. The first-order valence-corrected chi connectivity index (χ1v) is 3.48. The zero-order valence-corrected chi connectivity index (χ0v) is 5.94. The van der Waals surface area contributed by atoms with Crippen molar-refractivity contribution in [3.05, 3.63) is 0 Å². The summed E-state index contributed by atoms with van der Waals surface area (Å²) in [5.41, 5.74) is 0. The third-order valence-electron chi connectivity index (χ3n) is 1.39. The van der Waals surface area contributed by atoms with E-state index in [4.69, 9.17) is 5.11 Å². The normalized spacial score (nSPS) is 13.7. The van der Waals surface area contributed by atoms with E-state index in [1.54, 1.807) is 0 Å². The number of rotatable bonds is 5. The van der Waals surface area contributed by atoms with Crippen LogP contribution >= 0.6 is 0 Å². The second kappa shape index (κ2) is 6.02. The first-order chi connectivity index (χ1) is 4.31. The van der Waals surface area contributed by atoms with Gasteiger partial charge in [0, 0.05) is 6.61 Å². The van der Waals surface area contributed by atoms with Crippen molar-refractivity contribution in [2.45, 2.75) is 26.2 Å². The van der Waals surface area contributed by atoms with Crippen LogP contribution < -0.4 is 0 Å². The monoisotopic (exact) mass is 134 g/mol. The molecule has 1 N–H and O–H groups in total. The summed E-state index contributed by atoms with van der Waals surface area (Å²) in [6.45, 7) is 1.97. The van der Waals surface area contributed by atoms with E-state index in [0.717, 1.165) is 12.8 Å². The van der Waals surface area contributed by atoms with Crippen LogP contribution in [-0.4, -0.2) is 18.4 Å². The van der Waals surface area contributed by atoms with Crippen LogP contribution in [-0.2, 0) is 0 Å². The minimum absolute atomic E-state index is 0.224. The van der Waals surface area contributed by atoms with Crippen molar-refractivity contribution in [1.29, 1.82) is 0 Å². The quantitative estimate of drug-likeness (QED) is 0.568. The van der Waals surface area contributed by atoms with Gasteiger partial charge >= 0.3 is 0 Å². The Morgan fingerprint density at radius 1 is 1.44 bits per heavy atom. The molecular weight excluding hydrogens is 119 g/mol. The van der Waals surface area contributed by atoms with E-state index in [1.165, 1.54) is 0 Å². The molecular formula is C7H15FO. The van der Waals surface area contributed by atoms with Crippen molar-refractivity contribution in [3.63, 3.8) is 0 Å². The van der Waals surface area contributed by atoms with Gasteiger partial charge in [-0.05, 0) is 18.8 Å². The third kappa shape index (κ3) is 5.77. The molecule has 2 heteroatoms. The molecule has 0 heterocycles. The van der Waals surface area contributed by atoms with E-state index >= 15 is 0 Å². The highest BCUT2D eigenvalue weighted by molar-refractivity contribution is 4.49. The summed E-state index contributed by atoms with van der Waals surface area (Å²) in [4.78, 5) is 0. The Morgan fingerprint density at radius 3 is 2.56 bits per heavy atom. The summed E-state index contributed by atoms with van der Waals surface area (Å²) in [7, 11) is 0. The van der Waals surface area contributed by atoms with Gasteiger partial charge in [0.1, 0.15) is 0 Å². The lowest BCUT2D eigenvalue weighted by molar-refractivity contribution is 0.226. The minimum Gasteiger partial charge on any atom is -0.396 e. The van der Waals surface area contributed by atoms with Crippen LogP contribution in [0.5, 0.6) is 0 Å². The van der Waals surface area contributed by atoms with E-state index in [2.05, 4.69) is 0 Å².